The van der Waals surface area contributed by atoms with Gasteiger partial charge < -0.3 is 10.6 Å². The summed E-state index contributed by atoms with van der Waals surface area (Å²) in [4.78, 5) is 31.1. The minimum absolute atomic E-state index is 0.304. The molecule has 0 fully saturated rings. The molecule has 0 radical (unpaired) electrons. The highest BCUT2D eigenvalue weighted by Gasteiger charge is 2.23. The first kappa shape index (κ1) is 22.3. The monoisotopic (exact) mass is 453 g/mol. The van der Waals surface area contributed by atoms with Gasteiger partial charge in [0, 0.05) is 34.3 Å². The van der Waals surface area contributed by atoms with Crippen molar-refractivity contribution in [2.45, 2.75) is 16.7 Å². The molecule has 1 aromatic heterocycles. The fourth-order valence-corrected chi connectivity index (χ4v) is 4.08. The minimum Gasteiger partial charge on any atom is -0.336 e. The van der Waals surface area contributed by atoms with Crippen LogP contribution in [-0.4, -0.2) is 16.8 Å². The van der Waals surface area contributed by atoms with Crippen LogP contribution < -0.4 is 10.6 Å². The number of anilines is 1. The van der Waals surface area contributed by atoms with Crippen LogP contribution in [0, 0.1) is 0 Å². The molecule has 0 bridgehead atoms. The molecule has 0 saturated heterocycles. The van der Waals surface area contributed by atoms with E-state index in [1.165, 1.54) is 0 Å². The predicted octanol–water partition coefficient (Wildman–Crippen LogP) is 5.48. The fourth-order valence-electron chi connectivity index (χ4n) is 3.25. The first-order valence-electron chi connectivity index (χ1n) is 10.5. The van der Waals surface area contributed by atoms with Crippen LogP contribution >= 0.6 is 11.8 Å². The third-order valence-electron chi connectivity index (χ3n) is 4.96. The Balaban J connectivity index is 1.43. The number of nitrogens with one attached hydrogen (secondary N) is 2. The lowest BCUT2D eigenvalue weighted by molar-refractivity contribution is -0.118. The number of amides is 2. The van der Waals surface area contributed by atoms with Crippen molar-refractivity contribution in [2.75, 3.05) is 5.32 Å². The van der Waals surface area contributed by atoms with Gasteiger partial charge in [0.2, 0.25) is 0 Å². The highest BCUT2D eigenvalue weighted by molar-refractivity contribution is 7.98. The molecule has 4 rings (SSSR count). The third kappa shape index (κ3) is 6.30. The van der Waals surface area contributed by atoms with E-state index in [9.17, 15) is 9.59 Å². The molecule has 5 nitrogen and oxygen atoms in total. The maximum absolute atomic E-state index is 13.1. The summed E-state index contributed by atoms with van der Waals surface area (Å²) in [7, 11) is 0. The van der Waals surface area contributed by atoms with Crippen molar-refractivity contribution < 1.29 is 9.59 Å². The van der Waals surface area contributed by atoms with E-state index in [-0.39, 0.29) is 11.8 Å². The number of hydrogen-bond donors (Lipinski definition) is 2. The molecule has 0 saturated carbocycles. The van der Waals surface area contributed by atoms with Gasteiger partial charge >= 0.3 is 0 Å². The van der Waals surface area contributed by atoms with Gasteiger partial charge in [-0.05, 0) is 53.6 Å². The molecular weight excluding hydrogens is 430 g/mol. The largest absolute Gasteiger partial charge is 0.336 e. The Kier molecular flexibility index (Phi) is 7.51. The number of pyridine rings is 1. The molecule has 0 aliphatic heterocycles. The van der Waals surface area contributed by atoms with Gasteiger partial charge in [0.05, 0.1) is 0 Å². The standard InChI is InChI=1S/C27H23N3O2S/c31-26(22-11-5-2-6-12-22)30-25(21-9-3-1-4-10-21)27(32)29-23-13-15-24(16-14-23)33-19-20-8-7-17-28-18-20/h1-18,25H,19H2,(H,29,32)(H,30,31). The van der Waals surface area contributed by atoms with Gasteiger partial charge in [-0.2, -0.15) is 0 Å². The highest BCUT2D eigenvalue weighted by atomic mass is 32.2. The molecule has 33 heavy (non-hydrogen) atoms. The third-order valence-corrected chi connectivity index (χ3v) is 6.04. The zero-order valence-corrected chi connectivity index (χ0v) is 18.7. The Morgan fingerprint density at radius 1 is 0.818 bits per heavy atom. The molecule has 164 valence electrons. The molecule has 1 atom stereocenters. The van der Waals surface area contributed by atoms with Crippen molar-refractivity contribution in [3.63, 3.8) is 0 Å². The molecule has 0 aliphatic carbocycles. The molecular formula is C27H23N3O2S. The van der Waals surface area contributed by atoms with E-state index in [1.807, 2.05) is 79.0 Å². The highest BCUT2D eigenvalue weighted by Crippen LogP contribution is 2.24. The van der Waals surface area contributed by atoms with E-state index < -0.39 is 6.04 Å². The van der Waals surface area contributed by atoms with Gasteiger partial charge in [-0.3, -0.25) is 14.6 Å². The topological polar surface area (TPSA) is 71.1 Å². The fraction of sp³-hybridized carbons (Fsp3) is 0.0741. The number of benzene rings is 3. The molecule has 1 unspecified atom stereocenters. The van der Waals surface area contributed by atoms with Gasteiger partial charge in [0.25, 0.3) is 11.8 Å². The van der Waals surface area contributed by atoms with Crippen molar-refractivity contribution >= 4 is 29.3 Å². The lowest BCUT2D eigenvalue weighted by atomic mass is 10.1. The van der Waals surface area contributed by atoms with E-state index in [4.69, 9.17) is 0 Å². The average Bonchev–Trinajstić information content (AvgIpc) is 2.88. The second kappa shape index (κ2) is 11.1. The maximum Gasteiger partial charge on any atom is 0.252 e. The van der Waals surface area contributed by atoms with Crippen LogP contribution in [0.5, 0.6) is 0 Å². The number of nitrogens with zero attached hydrogens (tertiary/aromatic N) is 1. The second-order valence-corrected chi connectivity index (χ2v) is 8.40. The number of aromatic nitrogens is 1. The first-order chi connectivity index (χ1) is 16.2. The number of rotatable bonds is 8. The summed E-state index contributed by atoms with van der Waals surface area (Å²) in [5.41, 5.74) is 3.03. The predicted molar refractivity (Wildman–Crippen MR) is 132 cm³/mol. The van der Waals surface area contributed by atoms with Gasteiger partial charge in [-0.25, -0.2) is 0 Å². The molecule has 3 aromatic carbocycles. The summed E-state index contributed by atoms with van der Waals surface area (Å²) in [6.07, 6.45) is 3.62. The number of thioether (sulfide) groups is 1. The number of hydrogen-bond acceptors (Lipinski definition) is 4. The van der Waals surface area contributed by atoms with Crippen molar-refractivity contribution in [1.82, 2.24) is 10.3 Å². The van der Waals surface area contributed by atoms with E-state index in [2.05, 4.69) is 15.6 Å². The first-order valence-corrected chi connectivity index (χ1v) is 11.5. The van der Waals surface area contributed by atoms with E-state index >= 15 is 0 Å². The van der Waals surface area contributed by atoms with E-state index in [0.29, 0.717) is 16.8 Å². The quantitative estimate of drug-likeness (QED) is 0.347. The Bertz CT molecular complexity index is 1180. The number of carbonyl (C=O) groups excluding carboxylic acids is 2. The molecule has 2 amide bonds. The summed E-state index contributed by atoms with van der Waals surface area (Å²) in [6, 6.07) is 28.9. The summed E-state index contributed by atoms with van der Waals surface area (Å²) in [6.45, 7) is 0. The Hall–Kier alpha value is -3.90. The van der Waals surface area contributed by atoms with Crippen LogP contribution in [0.2, 0.25) is 0 Å². The maximum atomic E-state index is 13.1. The van der Waals surface area contributed by atoms with Crippen LogP contribution in [0.15, 0.2) is 114 Å². The van der Waals surface area contributed by atoms with Gasteiger partial charge in [-0.15, -0.1) is 11.8 Å². The van der Waals surface area contributed by atoms with Crippen LogP contribution in [-0.2, 0) is 10.5 Å². The Morgan fingerprint density at radius 2 is 1.52 bits per heavy atom. The lowest BCUT2D eigenvalue weighted by Crippen LogP contribution is -2.37. The van der Waals surface area contributed by atoms with Gasteiger partial charge in [0.1, 0.15) is 6.04 Å². The van der Waals surface area contributed by atoms with Crippen molar-refractivity contribution in [2.24, 2.45) is 0 Å². The van der Waals surface area contributed by atoms with Crippen LogP contribution in [0.1, 0.15) is 27.5 Å². The molecule has 0 aliphatic rings. The van der Waals surface area contributed by atoms with Crippen molar-refractivity contribution in [1.29, 1.82) is 0 Å². The van der Waals surface area contributed by atoms with Crippen LogP contribution in [0.25, 0.3) is 0 Å². The van der Waals surface area contributed by atoms with Crippen LogP contribution in [0.3, 0.4) is 0 Å². The van der Waals surface area contributed by atoms with Crippen molar-refractivity contribution in [3.05, 3.63) is 126 Å². The minimum atomic E-state index is -0.821. The van der Waals surface area contributed by atoms with E-state index in [1.54, 1.807) is 42.2 Å². The molecule has 1 heterocycles. The SMILES string of the molecule is O=C(NC(C(=O)Nc1ccc(SCc2cccnc2)cc1)c1ccccc1)c1ccccc1. The summed E-state index contributed by atoms with van der Waals surface area (Å²) in [5, 5.41) is 5.78. The van der Waals surface area contributed by atoms with Gasteiger partial charge in [-0.1, -0.05) is 54.6 Å². The zero-order chi connectivity index (χ0) is 22.9. The lowest BCUT2D eigenvalue weighted by Gasteiger charge is -2.19. The van der Waals surface area contributed by atoms with E-state index in [0.717, 1.165) is 16.2 Å². The average molecular weight is 454 g/mol. The Labute approximate surface area is 197 Å². The van der Waals surface area contributed by atoms with Gasteiger partial charge in [0.15, 0.2) is 0 Å². The van der Waals surface area contributed by atoms with Crippen LogP contribution in [0.4, 0.5) is 5.69 Å². The molecule has 6 heteroatoms. The Morgan fingerprint density at radius 3 is 2.18 bits per heavy atom. The normalized spacial score (nSPS) is 11.4. The second-order valence-electron chi connectivity index (χ2n) is 7.35. The smallest absolute Gasteiger partial charge is 0.252 e. The summed E-state index contributed by atoms with van der Waals surface area (Å²) in [5.74, 6) is 0.212. The molecule has 2 N–H and O–H groups in total. The molecule has 4 aromatic rings. The molecule has 0 spiro atoms. The zero-order valence-electron chi connectivity index (χ0n) is 17.8. The summed E-state index contributed by atoms with van der Waals surface area (Å²) < 4.78 is 0. The number of carbonyl (C=O) groups is 2. The van der Waals surface area contributed by atoms with Crippen molar-refractivity contribution in [3.8, 4) is 0 Å². The summed E-state index contributed by atoms with van der Waals surface area (Å²) >= 11 is 1.70.